The lowest BCUT2D eigenvalue weighted by Crippen LogP contribution is -2.14. The van der Waals surface area contributed by atoms with Crippen LogP contribution in [0.3, 0.4) is 0 Å². The van der Waals surface area contributed by atoms with Gasteiger partial charge in [0.1, 0.15) is 0 Å². The van der Waals surface area contributed by atoms with E-state index in [0.29, 0.717) is 6.54 Å². The molecule has 2 aromatic rings. The summed E-state index contributed by atoms with van der Waals surface area (Å²) < 4.78 is 1.90. The highest BCUT2D eigenvalue weighted by Crippen LogP contribution is 2.19. The number of hydrogen-bond donors (Lipinski definition) is 1. The Morgan fingerprint density at radius 2 is 2.06 bits per heavy atom. The molecule has 0 aromatic carbocycles. The Morgan fingerprint density at radius 3 is 2.69 bits per heavy atom. The van der Waals surface area contributed by atoms with Crippen molar-refractivity contribution in [2.45, 2.75) is 32.6 Å². The van der Waals surface area contributed by atoms with Crippen LogP contribution in [0.4, 0.5) is 0 Å². The minimum atomic E-state index is -0.0218. The van der Waals surface area contributed by atoms with Gasteiger partial charge in [-0.25, -0.2) is 9.50 Å². The van der Waals surface area contributed by atoms with Gasteiger partial charge in [0.05, 0.1) is 0 Å². The monoisotopic (exact) mass is 218 g/mol. The third kappa shape index (κ3) is 1.93. The van der Waals surface area contributed by atoms with Gasteiger partial charge in [0.2, 0.25) is 0 Å². The molecule has 0 saturated carbocycles. The fourth-order valence-corrected chi connectivity index (χ4v) is 1.61. The zero-order valence-corrected chi connectivity index (χ0v) is 10.1. The van der Waals surface area contributed by atoms with Gasteiger partial charge in [-0.2, -0.15) is 5.10 Å². The van der Waals surface area contributed by atoms with Crippen LogP contribution in [-0.2, 0) is 11.8 Å². The molecule has 0 aliphatic heterocycles. The molecule has 0 amide bonds. The number of fused-ring (bicyclic) bond motifs is 1. The Bertz CT molecular complexity index is 493. The first-order valence-electron chi connectivity index (χ1n) is 5.57. The Morgan fingerprint density at radius 1 is 1.31 bits per heavy atom. The van der Waals surface area contributed by atoms with Crippen molar-refractivity contribution in [1.82, 2.24) is 14.6 Å². The molecule has 0 radical (unpaired) electrons. The van der Waals surface area contributed by atoms with Gasteiger partial charge in [0.25, 0.3) is 0 Å². The summed E-state index contributed by atoms with van der Waals surface area (Å²) in [7, 11) is 0. The van der Waals surface area contributed by atoms with Crippen molar-refractivity contribution in [3.05, 3.63) is 29.7 Å². The molecule has 2 N–H and O–H groups in total. The summed E-state index contributed by atoms with van der Waals surface area (Å²) in [5.74, 6) is 0.872. The quantitative estimate of drug-likeness (QED) is 0.831. The molecule has 0 aliphatic carbocycles. The first kappa shape index (κ1) is 11.1. The third-order valence-corrected chi connectivity index (χ3v) is 2.51. The molecule has 0 atom stereocenters. The van der Waals surface area contributed by atoms with Crippen molar-refractivity contribution in [2.24, 2.45) is 5.73 Å². The molecule has 0 fully saturated rings. The molecular formula is C12H18N4. The van der Waals surface area contributed by atoms with Crippen LogP contribution in [0.15, 0.2) is 18.2 Å². The minimum absolute atomic E-state index is 0.0218. The molecule has 0 spiro atoms. The number of pyridine rings is 1. The maximum Gasteiger partial charge on any atom is 0.157 e. The van der Waals surface area contributed by atoms with Gasteiger partial charge in [-0.3, -0.25) is 0 Å². The molecule has 0 saturated heterocycles. The van der Waals surface area contributed by atoms with Crippen molar-refractivity contribution >= 4 is 5.65 Å². The van der Waals surface area contributed by atoms with Crippen molar-refractivity contribution in [2.75, 3.05) is 6.54 Å². The van der Waals surface area contributed by atoms with E-state index >= 15 is 0 Å². The highest BCUT2D eigenvalue weighted by atomic mass is 15.3. The maximum absolute atomic E-state index is 5.58. The molecular weight excluding hydrogens is 200 g/mol. The van der Waals surface area contributed by atoms with Crippen LogP contribution in [0.1, 0.15) is 32.3 Å². The van der Waals surface area contributed by atoms with Gasteiger partial charge in [-0.05, 0) is 18.7 Å². The molecule has 86 valence electrons. The number of rotatable bonds is 2. The Hall–Kier alpha value is -1.42. The SMILES string of the molecule is CC(C)(C)c1nc2cccc(CCN)n2n1. The number of nitrogens with two attached hydrogens (primary N) is 1. The number of nitrogens with zero attached hydrogens (tertiary/aromatic N) is 3. The van der Waals surface area contributed by atoms with Crippen LogP contribution in [0.2, 0.25) is 0 Å². The van der Waals surface area contributed by atoms with Crippen LogP contribution >= 0.6 is 0 Å². The van der Waals surface area contributed by atoms with Crippen molar-refractivity contribution in [1.29, 1.82) is 0 Å². The van der Waals surface area contributed by atoms with Crippen molar-refractivity contribution < 1.29 is 0 Å². The lowest BCUT2D eigenvalue weighted by Gasteiger charge is -2.11. The van der Waals surface area contributed by atoms with Gasteiger partial charge in [0.15, 0.2) is 11.5 Å². The minimum Gasteiger partial charge on any atom is -0.330 e. The second-order valence-electron chi connectivity index (χ2n) is 5.01. The predicted octanol–water partition coefficient (Wildman–Crippen LogP) is 1.53. The van der Waals surface area contributed by atoms with E-state index in [0.717, 1.165) is 23.6 Å². The first-order chi connectivity index (χ1) is 7.52. The van der Waals surface area contributed by atoms with Gasteiger partial charge in [-0.15, -0.1) is 0 Å². The molecule has 2 aromatic heterocycles. The summed E-state index contributed by atoms with van der Waals surface area (Å²) >= 11 is 0. The summed E-state index contributed by atoms with van der Waals surface area (Å²) in [6.45, 7) is 6.98. The molecule has 2 heterocycles. The average molecular weight is 218 g/mol. The Balaban J connectivity index is 2.57. The summed E-state index contributed by atoms with van der Waals surface area (Å²) in [6, 6.07) is 6.02. The van der Waals surface area contributed by atoms with Gasteiger partial charge >= 0.3 is 0 Å². The summed E-state index contributed by atoms with van der Waals surface area (Å²) in [4.78, 5) is 4.54. The molecule has 4 heteroatoms. The smallest absolute Gasteiger partial charge is 0.157 e. The summed E-state index contributed by atoms with van der Waals surface area (Å²) in [6.07, 6.45) is 0.824. The third-order valence-electron chi connectivity index (χ3n) is 2.51. The maximum atomic E-state index is 5.58. The normalized spacial score (nSPS) is 12.2. The summed E-state index contributed by atoms with van der Waals surface area (Å²) in [5, 5.41) is 4.55. The van der Waals surface area contributed by atoms with Crippen LogP contribution in [0, 0.1) is 0 Å². The lowest BCUT2D eigenvalue weighted by molar-refractivity contribution is 0.544. The average Bonchev–Trinajstić information content (AvgIpc) is 2.62. The second-order valence-corrected chi connectivity index (χ2v) is 5.01. The van der Waals surface area contributed by atoms with E-state index in [2.05, 4.69) is 30.9 Å². The number of hydrogen-bond acceptors (Lipinski definition) is 3. The van der Waals surface area contributed by atoms with E-state index in [9.17, 15) is 0 Å². The Kier molecular flexibility index (Phi) is 2.68. The van der Waals surface area contributed by atoms with Crippen LogP contribution in [-0.4, -0.2) is 21.1 Å². The van der Waals surface area contributed by atoms with Crippen LogP contribution < -0.4 is 5.73 Å². The second kappa shape index (κ2) is 3.87. The molecule has 2 rings (SSSR count). The Labute approximate surface area is 95.5 Å². The molecule has 16 heavy (non-hydrogen) atoms. The van der Waals surface area contributed by atoms with Gasteiger partial charge in [0, 0.05) is 17.5 Å². The topological polar surface area (TPSA) is 56.2 Å². The van der Waals surface area contributed by atoms with Gasteiger partial charge < -0.3 is 5.73 Å². The fourth-order valence-electron chi connectivity index (χ4n) is 1.61. The zero-order chi connectivity index (χ0) is 11.8. The van der Waals surface area contributed by atoms with E-state index < -0.39 is 0 Å². The first-order valence-corrected chi connectivity index (χ1v) is 5.57. The molecule has 0 unspecified atom stereocenters. The van der Waals surface area contributed by atoms with Crippen molar-refractivity contribution in [3.63, 3.8) is 0 Å². The van der Waals surface area contributed by atoms with E-state index in [1.807, 2.05) is 22.7 Å². The van der Waals surface area contributed by atoms with Gasteiger partial charge in [-0.1, -0.05) is 26.8 Å². The summed E-state index contributed by atoms with van der Waals surface area (Å²) in [5.41, 5.74) is 7.57. The van der Waals surface area contributed by atoms with E-state index in [1.165, 1.54) is 0 Å². The highest BCUT2D eigenvalue weighted by molar-refractivity contribution is 5.39. The van der Waals surface area contributed by atoms with E-state index in [4.69, 9.17) is 5.73 Å². The fraction of sp³-hybridized carbons (Fsp3) is 0.500. The molecule has 0 aliphatic rings. The van der Waals surface area contributed by atoms with E-state index in [-0.39, 0.29) is 5.41 Å². The highest BCUT2D eigenvalue weighted by Gasteiger charge is 2.20. The standard InChI is InChI=1S/C12H18N4/c1-12(2,3)11-14-10-6-4-5-9(7-8-13)16(10)15-11/h4-6H,7-8,13H2,1-3H3. The number of aromatic nitrogens is 3. The van der Waals surface area contributed by atoms with Crippen molar-refractivity contribution in [3.8, 4) is 0 Å². The zero-order valence-electron chi connectivity index (χ0n) is 10.1. The molecule has 0 bridgehead atoms. The van der Waals surface area contributed by atoms with Crippen LogP contribution in [0.5, 0.6) is 0 Å². The predicted molar refractivity (Wildman–Crippen MR) is 64.4 cm³/mol. The lowest BCUT2D eigenvalue weighted by atomic mass is 9.96. The molecule has 4 nitrogen and oxygen atoms in total. The van der Waals surface area contributed by atoms with Crippen LogP contribution in [0.25, 0.3) is 5.65 Å². The van der Waals surface area contributed by atoms with E-state index in [1.54, 1.807) is 0 Å². The largest absolute Gasteiger partial charge is 0.330 e.